The van der Waals surface area contributed by atoms with Gasteiger partial charge in [-0.05, 0) is 53.1 Å². The zero-order valence-electron chi connectivity index (χ0n) is 25.3. The van der Waals surface area contributed by atoms with Crippen LogP contribution in [-0.4, -0.2) is 54.6 Å². The highest BCUT2D eigenvalue weighted by Gasteiger charge is 2.14. The van der Waals surface area contributed by atoms with Gasteiger partial charge in [-0.3, -0.25) is 4.90 Å². The molecule has 244 valence electrons. The number of nitrogens with zero attached hydrogens (tertiary/aromatic N) is 2. The van der Waals surface area contributed by atoms with Gasteiger partial charge >= 0.3 is 0 Å². The lowest BCUT2D eigenvalue weighted by molar-refractivity contribution is 0.153. The van der Waals surface area contributed by atoms with Crippen LogP contribution in [0, 0.1) is 4.91 Å². The summed E-state index contributed by atoms with van der Waals surface area (Å²) in [5, 5.41) is 22.2. The van der Waals surface area contributed by atoms with Gasteiger partial charge in [-0.2, -0.15) is 0 Å². The SMILES string of the molecule is NCc1cc(Cl)c(OCc2cccc(-c3cccc(OCCCN(CCO)CCO)c3)c2Cl)cc1OCc1ccc(N=O)c(N)c1. The van der Waals surface area contributed by atoms with E-state index < -0.39 is 0 Å². The van der Waals surface area contributed by atoms with Gasteiger partial charge in [-0.1, -0.05) is 59.6 Å². The summed E-state index contributed by atoms with van der Waals surface area (Å²) in [6, 6.07) is 21.7. The Morgan fingerprint density at radius 3 is 2.28 bits per heavy atom. The molecule has 12 heteroatoms. The molecule has 0 spiro atoms. The Labute approximate surface area is 278 Å². The van der Waals surface area contributed by atoms with Crippen molar-refractivity contribution in [1.82, 2.24) is 4.90 Å². The third kappa shape index (κ3) is 9.56. The Hall–Kier alpha value is -3.90. The second-order valence-electron chi connectivity index (χ2n) is 10.5. The van der Waals surface area contributed by atoms with Crippen LogP contribution in [0.3, 0.4) is 0 Å². The van der Waals surface area contributed by atoms with Gasteiger partial charge in [0.1, 0.15) is 36.1 Å². The van der Waals surface area contributed by atoms with Gasteiger partial charge in [0.2, 0.25) is 0 Å². The minimum atomic E-state index is 0.0474. The summed E-state index contributed by atoms with van der Waals surface area (Å²) in [7, 11) is 0. The van der Waals surface area contributed by atoms with E-state index in [2.05, 4.69) is 5.18 Å². The third-order valence-corrected chi connectivity index (χ3v) is 7.99. The number of nitrogens with two attached hydrogens (primary N) is 2. The number of hydrogen-bond acceptors (Lipinski definition) is 10. The molecule has 0 heterocycles. The van der Waals surface area contributed by atoms with Crippen LogP contribution in [0.4, 0.5) is 11.4 Å². The highest BCUT2D eigenvalue weighted by molar-refractivity contribution is 6.34. The molecule has 4 aromatic carbocycles. The average Bonchev–Trinajstić information content (AvgIpc) is 3.06. The summed E-state index contributed by atoms with van der Waals surface area (Å²) in [5.74, 6) is 1.62. The molecule has 0 aliphatic rings. The first-order chi connectivity index (χ1) is 22.4. The smallest absolute Gasteiger partial charge is 0.142 e. The predicted octanol–water partition coefficient (Wildman–Crippen LogP) is 6.31. The van der Waals surface area contributed by atoms with E-state index in [-0.39, 0.29) is 44.3 Å². The molecule has 0 unspecified atom stereocenters. The van der Waals surface area contributed by atoms with Crippen LogP contribution in [0.25, 0.3) is 11.1 Å². The lowest BCUT2D eigenvalue weighted by Gasteiger charge is -2.20. The number of aliphatic hydroxyl groups is 2. The molecule has 0 aliphatic carbocycles. The van der Waals surface area contributed by atoms with E-state index >= 15 is 0 Å². The van der Waals surface area contributed by atoms with Crippen LogP contribution in [0.5, 0.6) is 17.2 Å². The second kappa shape index (κ2) is 17.7. The molecule has 0 saturated heterocycles. The third-order valence-electron chi connectivity index (χ3n) is 7.25. The molecule has 4 rings (SSSR count). The van der Waals surface area contributed by atoms with Crippen LogP contribution in [0.1, 0.15) is 23.1 Å². The Bertz CT molecular complexity index is 1600. The molecule has 6 N–H and O–H groups in total. The molecule has 0 amide bonds. The van der Waals surface area contributed by atoms with Crippen molar-refractivity contribution in [2.75, 3.05) is 45.2 Å². The molecular weight excluding hydrogens is 631 g/mol. The normalized spacial score (nSPS) is 11.1. The molecule has 0 atom stereocenters. The van der Waals surface area contributed by atoms with E-state index in [1.54, 1.807) is 30.3 Å². The summed E-state index contributed by atoms with van der Waals surface area (Å²) in [6.07, 6.45) is 0.750. The van der Waals surface area contributed by atoms with E-state index in [9.17, 15) is 15.1 Å². The first-order valence-corrected chi connectivity index (χ1v) is 15.6. The molecule has 4 aromatic rings. The minimum Gasteiger partial charge on any atom is -0.494 e. The number of rotatable bonds is 18. The van der Waals surface area contributed by atoms with Gasteiger partial charge in [0.05, 0.1) is 35.6 Å². The Morgan fingerprint density at radius 1 is 0.804 bits per heavy atom. The maximum absolute atomic E-state index is 10.8. The Kier molecular flexibility index (Phi) is 13.5. The van der Waals surface area contributed by atoms with Crippen molar-refractivity contribution >= 4 is 34.6 Å². The van der Waals surface area contributed by atoms with Crippen molar-refractivity contribution in [3.8, 4) is 28.4 Å². The average molecular weight is 670 g/mol. The summed E-state index contributed by atoms with van der Waals surface area (Å²) >= 11 is 13.4. The van der Waals surface area contributed by atoms with E-state index in [0.717, 1.165) is 28.7 Å². The first kappa shape index (κ1) is 35.0. The number of ether oxygens (including phenoxy) is 3. The van der Waals surface area contributed by atoms with Gasteiger partial charge in [-0.15, -0.1) is 4.91 Å². The number of halogens is 2. The van der Waals surface area contributed by atoms with Crippen LogP contribution in [0.2, 0.25) is 10.0 Å². The molecule has 0 saturated carbocycles. The lowest BCUT2D eigenvalue weighted by atomic mass is 10.0. The second-order valence-corrected chi connectivity index (χ2v) is 11.2. The fourth-order valence-electron chi connectivity index (χ4n) is 4.84. The molecule has 10 nitrogen and oxygen atoms in total. The number of aliphatic hydroxyl groups excluding tert-OH is 2. The van der Waals surface area contributed by atoms with Gasteiger partial charge < -0.3 is 35.9 Å². The molecular formula is C34H38Cl2N4O6. The number of hydrogen-bond donors (Lipinski definition) is 4. The monoisotopic (exact) mass is 668 g/mol. The van der Waals surface area contributed by atoms with E-state index in [4.69, 9.17) is 48.9 Å². The number of benzene rings is 4. The van der Waals surface area contributed by atoms with Crippen molar-refractivity contribution < 1.29 is 24.4 Å². The molecule has 0 aliphatic heterocycles. The Balaban J connectivity index is 1.42. The molecule has 0 bridgehead atoms. The van der Waals surface area contributed by atoms with Crippen molar-refractivity contribution in [3.63, 3.8) is 0 Å². The van der Waals surface area contributed by atoms with E-state index in [0.29, 0.717) is 59.1 Å². The fraction of sp³-hybridized carbons (Fsp3) is 0.294. The van der Waals surface area contributed by atoms with Crippen LogP contribution >= 0.6 is 23.2 Å². The van der Waals surface area contributed by atoms with Crippen molar-refractivity contribution in [2.24, 2.45) is 10.9 Å². The summed E-state index contributed by atoms with van der Waals surface area (Å²) in [5.41, 5.74) is 16.2. The number of nitroso groups, excluding NO2 is 1. The quantitative estimate of drug-likeness (QED) is 0.0542. The Morgan fingerprint density at radius 2 is 1.57 bits per heavy atom. The highest BCUT2D eigenvalue weighted by Crippen LogP contribution is 2.36. The number of anilines is 1. The van der Waals surface area contributed by atoms with Crippen molar-refractivity contribution in [3.05, 3.63) is 104 Å². The maximum Gasteiger partial charge on any atom is 0.142 e. The highest BCUT2D eigenvalue weighted by atomic mass is 35.5. The first-order valence-electron chi connectivity index (χ1n) is 14.8. The lowest BCUT2D eigenvalue weighted by Crippen LogP contribution is -2.31. The summed E-state index contributed by atoms with van der Waals surface area (Å²) in [4.78, 5) is 12.8. The molecule has 0 radical (unpaired) electrons. The predicted molar refractivity (Wildman–Crippen MR) is 182 cm³/mol. The van der Waals surface area contributed by atoms with Crippen molar-refractivity contribution in [1.29, 1.82) is 0 Å². The largest absolute Gasteiger partial charge is 0.494 e. The maximum atomic E-state index is 10.8. The summed E-state index contributed by atoms with van der Waals surface area (Å²) < 4.78 is 18.1. The van der Waals surface area contributed by atoms with Crippen LogP contribution < -0.4 is 25.7 Å². The standard InChI is InChI=1S/C34H38Cl2N4O6/c35-29-18-26(20-37)32(45-21-23-8-9-31(39-43)30(38)16-23)19-33(29)46-22-25-5-2-7-28(34(25)36)24-4-1-6-27(17-24)44-15-3-10-40(11-13-41)12-14-42/h1-2,4-9,16-19,41-42H,3,10-15,20-22,37-38H2. The van der Waals surface area contributed by atoms with E-state index in [1.807, 2.05) is 47.4 Å². The van der Waals surface area contributed by atoms with Crippen LogP contribution in [-0.2, 0) is 19.8 Å². The van der Waals surface area contributed by atoms with Gasteiger partial charge in [0.25, 0.3) is 0 Å². The summed E-state index contributed by atoms with van der Waals surface area (Å²) in [6.45, 7) is 2.87. The van der Waals surface area contributed by atoms with Crippen molar-refractivity contribution in [2.45, 2.75) is 26.2 Å². The fourth-order valence-corrected chi connectivity index (χ4v) is 5.37. The topological polar surface area (TPSA) is 153 Å². The van der Waals surface area contributed by atoms with Gasteiger partial charge in [0, 0.05) is 48.9 Å². The minimum absolute atomic E-state index is 0.0474. The zero-order chi connectivity index (χ0) is 32.9. The molecule has 0 fully saturated rings. The number of nitrogen functional groups attached to an aromatic ring is 1. The van der Waals surface area contributed by atoms with Gasteiger partial charge in [-0.25, -0.2) is 0 Å². The van der Waals surface area contributed by atoms with Crippen LogP contribution in [0.15, 0.2) is 78.0 Å². The van der Waals surface area contributed by atoms with Gasteiger partial charge in [0.15, 0.2) is 0 Å². The van der Waals surface area contributed by atoms with E-state index in [1.165, 1.54) is 0 Å². The molecule has 0 aromatic heterocycles. The molecule has 46 heavy (non-hydrogen) atoms. The zero-order valence-corrected chi connectivity index (χ0v) is 26.8.